The number of hydrogen-bond acceptors (Lipinski definition) is 5. The Bertz CT molecular complexity index is 920. The lowest BCUT2D eigenvalue weighted by Gasteiger charge is -2.33. The van der Waals surface area contributed by atoms with Crippen LogP contribution < -0.4 is 4.74 Å². The molecule has 0 N–H and O–H groups in total. The first kappa shape index (κ1) is 18.4. The molecule has 0 aliphatic carbocycles. The quantitative estimate of drug-likeness (QED) is 0.827. The number of likely N-dealkylation sites (N-methyl/N-ethyl adjacent to an activating group) is 1. The van der Waals surface area contributed by atoms with Gasteiger partial charge in [-0.1, -0.05) is 12.1 Å². The summed E-state index contributed by atoms with van der Waals surface area (Å²) in [6.45, 7) is 3.71. The van der Waals surface area contributed by atoms with Crippen LogP contribution in [0.2, 0.25) is 0 Å². The Morgan fingerprint density at radius 1 is 1.33 bits per heavy atom. The maximum atomic E-state index is 12.9. The summed E-state index contributed by atoms with van der Waals surface area (Å²) in [6.07, 6.45) is 1.56. The Kier molecular flexibility index (Phi) is 5.36. The molecular weight excluding hydrogens is 344 g/mol. The van der Waals surface area contributed by atoms with E-state index in [-0.39, 0.29) is 24.2 Å². The topological polar surface area (TPSA) is 86.5 Å². The van der Waals surface area contributed by atoms with Crippen molar-refractivity contribution in [1.29, 1.82) is 5.26 Å². The van der Waals surface area contributed by atoms with Crippen molar-refractivity contribution < 1.29 is 14.3 Å². The minimum atomic E-state index is -0.194. The van der Waals surface area contributed by atoms with Crippen LogP contribution in [0.3, 0.4) is 0 Å². The summed E-state index contributed by atoms with van der Waals surface area (Å²) in [6, 6.07) is 10.9. The molecule has 27 heavy (non-hydrogen) atoms. The van der Waals surface area contributed by atoms with Gasteiger partial charge >= 0.3 is 0 Å². The highest BCUT2D eigenvalue weighted by Gasteiger charge is 2.27. The zero-order valence-electron chi connectivity index (χ0n) is 15.3. The molecule has 1 fully saturated rings. The summed E-state index contributed by atoms with van der Waals surface area (Å²) in [7, 11) is 1.46. The predicted molar refractivity (Wildman–Crippen MR) is 99.1 cm³/mol. The van der Waals surface area contributed by atoms with Crippen molar-refractivity contribution in [3.8, 4) is 23.1 Å². The Morgan fingerprint density at radius 3 is 2.81 bits per heavy atom. The van der Waals surface area contributed by atoms with Gasteiger partial charge in [0.2, 0.25) is 11.8 Å². The maximum absolute atomic E-state index is 12.9. The second-order valence-corrected chi connectivity index (χ2v) is 6.14. The molecule has 138 valence electrons. The third-order valence-corrected chi connectivity index (χ3v) is 4.63. The Balaban J connectivity index is 1.90. The molecule has 2 amide bonds. The summed E-state index contributed by atoms with van der Waals surface area (Å²) < 4.78 is 5.15. The SMILES string of the molecule is CCN1CCN(C(=O)c2cccc(-c3ccnc(OC)c3C#N)c2)CC1=O. The number of rotatable bonds is 4. The van der Waals surface area contributed by atoms with Crippen LogP contribution in [0.4, 0.5) is 0 Å². The van der Waals surface area contributed by atoms with Crippen LogP contribution in [0.1, 0.15) is 22.8 Å². The van der Waals surface area contributed by atoms with Gasteiger partial charge in [0.05, 0.1) is 7.11 Å². The monoisotopic (exact) mass is 364 g/mol. The second-order valence-electron chi connectivity index (χ2n) is 6.14. The van der Waals surface area contributed by atoms with Gasteiger partial charge in [0.1, 0.15) is 18.2 Å². The molecule has 1 aromatic heterocycles. The number of methoxy groups -OCH3 is 1. The van der Waals surface area contributed by atoms with Crippen molar-refractivity contribution in [1.82, 2.24) is 14.8 Å². The predicted octanol–water partition coefficient (Wildman–Crippen LogP) is 1.93. The van der Waals surface area contributed by atoms with E-state index in [4.69, 9.17) is 4.74 Å². The first-order chi connectivity index (χ1) is 13.1. The summed E-state index contributed by atoms with van der Waals surface area (Å²) in [5.74, 6) is 0.00684. The van der Waals surface area contributed by atoms with Crippen LogP contribution in [0.15, 0.2) is 36.5 Å². The van der Waals surface area contributed by atoms with Gasteiger partial charge in [0.25, 0.3) is 5.91 Å². The van der Waals surface area contributed by atoms with Gasteiger partial charge in [-0.3, -0.25) is 9.59 Å². The summed E-state index contributed by atoms with van der Waals surface area (Å²) in [5, 5.41) is 9.46. The fraction of sp³-hybridized carbons (Fsp3) is 0.300. The van der Waals surface area contributed by atoms with Crippen LogP contribution in [0.5, 0.6) is 5.88 Å². The molecule has 0 bridgehead atoms. The van der Waals surface area contributed by atoms with Gasteiger partial charge in [-0.15, -0.1) is 0 Å². The number of nitrogens with zero attached hydrogens (tertiary/aromatic N) is 4. The highest BCUT2D eigenvalue weighted by atomic mass is 16.5. The number of amides is 2. The molecule has 0 radical (unpaired) electrons. The number of hydrogen-bond donors (Lipinski definition) is 0. The number of benzene rings is 1. The summed E-state index contributed by atoms with van der Waals surface area (Å²) in [5.41, 5.74) is 2.16. The average Bonchev–Trinajstić information content (AvgIpc) is 2.72. The number of aromatic nitrogens is 1. The lowest BCUT2D eigenvalue weighted by molar-refractivity contribution is -0.134. The third kappa shape index (κ3) is 3.60. The fourth-order valence-corrected chi connectivity index (χ4v) is 3.16. The zero-order valence-corrected chi connectivity index (χ0v) is 15.3. The average molecular weight is 364 g/mol. The molecule has 0 spiro atoms. The lowest BCUT2D eigenvalue weighted by atomic mass is 9.99. The van der Waals surface area contributed by atoms with Crippen LogP contribution in [0.25, 0.3) is 11.1 Å². The van der Waals surface area contributed by atoms with E-state index in [2.05, 4.69) is 11.1 Å². The number of carbonyl (C=O) groups is 2. The van der Waals surface area contributed by atoms with Crippen LogP contribution in [-0.4, -0.2) is 59.9 Å². The molecular formula is C20H20N4O3. The van der Waals surface area contributed by atoms with Crippen molar-refractivity contribution in [3.63, 3.8) is 0 Å². The largest absolute Gasteiger partial charge is 0.480 e. The highest BCUT2D eigenvalue weighted by Crippen LogP contribution is 2.29. The molecule has 7 nitrogen and oxygen atoms in total. The van der Waals surface area contributed by atoms with Gasteiger partial charge in [-0.25, -0.2) is 4.98 Å². The number of pyridine rings is 1. The molecule has 1 saturated heterocycles. The number of carbonyl (C=O) groups excluding carboxylic acids is 2. The smallest absolute Gasteiger partial charge is 0.254 e. The van der Waals surface area contributed by atoms with Crippen molar-refractivity contribution in [2.45, 2.75) is 6.92 Å². The first-order valence-electron chi connectivity index (χ1n) is 8.69. The van der Waals surface area contributed by atoms with Crippen molar-refractivity contribution in [2.75, 3.05) is 33.3 Å². The maximum Gasteiger partial charge on any atom is 0.254 e. The highest BCUT2D eigenvalue weighted by molar-refractivity contribution is 5.98. The van der Waals surface area contributed by atoms with E-state index in [0.717, 1.165) is 5.56 Å². The number of ether oxygens (including phenoxy) is 1. The lowest BCUT2D eigenvalue weighted by Crippen LogP contribution is -2.52. The van der Waals surface area contributed by atoms with Gasteiger partial charge in [-0.05, 0) is 30.7 Å². The van der Waals surface area contributed by atoms with Crippen molar-refractivity contribution in [3.05, 3.63) is 47.7 Å². The van der Waals surface area contributed by atoms with Crippen LogP contribution in [0, 0.1) is 11.3 Å². The Labute approximate surface area is 157 Å². The van der Waals surface area contributed by atoms with E-state index in [1.165, 1.54) is 7.11 Å². The molecule has 1 aliphatic heterocycles. The van der Waals surface area contributed by atoms with Gasteiger partial charge in [0, 0.05) is 37.0 Å². The van der Waals surface area contributed by atoms with E-state index in [9.17, 15) is 14.9 Å². The van der Waals surface area contributed by atoms with E-state index >= 15 is 0 Å². The van der Waals surface area contributed by atoms with Crippen LogP contribution >= 0.6 is 0 Å². The number of piperazine rings is 1. The first-order valence-corrected chi connectivity index (χ1v) is 8.69. The molecule has 2 aromatic rings. The van der Waals surface area contributed by atoms with Crippen molar-refractivity contribution in [2.24, 2.45) is 0 Å². The normalized spacial score (nSPS) is 14.0. The molecule has 1 aliphatic rings. The molecule has 2 heterocycles. The standard InChI is InChI=1S/C20H20N4O3/c1-3-23-9-10-24(13-18(23)25)20(26)15-6-4-5-14(11-15)16-7-8-22-19(27-2)17(16)12-21/h4-8,11H,3,9-10,13H2,1-2H3. The Hall–Kier alpha value is -3.40. The number of nitriles is 1. The fourth-order valence-electron chi connectivity index (χ4n) is 3.16. The summed E-state index contributed by atoms with van der Waals surface area (Å²) in [4.78, 5) is 32.3. The second kappa shape index (κ2) is 7.87. The van der Waals surface area contributed by atoms with E-state index in [1.807, 2.05) is 13.0 Å². The minimum Gasteiger partial charge on any atom is -0.480 e. The van der Waals surface area contributed by atoms with E-state index < -0.39 is 0 Å². The molecule has 3 rings (SSSR count). The zero-order chi connectivity index (χ0) is 19.4. The van der Waals surface area contributed by atoms with Crippen molar-refractivity contribution >= 4 is 11.8 Å². The molecule has 0 atom stereocenters. The minimum absolute atomic E-state index is 0.0427. The summed E-state index contributed by atoms with van der Waals surface area (Å²) >= 11 is 0. The van der Waals surface area contributed by atoms with E-state index in [1.54, 1.807) is 40.3 Å². The van der Waals surface area contributed by atoms with Crippen LogP contribution in [-0.2, 0) is 4.79 Å². The van der Waals surface area contributed by atoms with Gasteiger partial charge in [-0.2, -0.15) is 5.26 Å². The molecule has 0 unspecified atom stereocenters. The molecule has 7 heteroatoms. The molecule has 1 aromatic carbocycles. The third-order valence-electron chi connectivity index (χ3n) is 4.63. The van der Waals surface area contributed by atoms with Gasteiger partial charge in [0.15, 0.2) is 0 Å². The van der Waals surface area contributed by atoms with Gasteiger partial charge < -0.3 is 14.5 Å². The van der Waals surface area contributed by atoms with E-state index in [0.29, 0.717) is 36.3 Å². The molecule has 0 saturated carbocycles. The Morgan fingerprint density at radius 2 is 2.15 bits per heavy atom.